The predicted molar refractivity (Wildman–Crippen MR) is 61.5 cm³/mol. The first-order valence-electron chi connectivity index (χ1n) is 4.76. The van der Waals surface area contributed by atoms with E-state index in [1.165, 1.54) is 0 Å². The van der Waals surface area contributed by atoms with Gasteiger partial charge in [0.15, 0.2) is 0 Å². The third kappa shape index (κ3) is 2.26. The number of halogens is 1. The highest BCUT2D eigenvalue weighted by Gasteiger charge is 2.11. The highest BCUT2D eigenvalue weighted by molar-refractivity contribution is 9.10. The molecule has 78 valence electrons. The Balaban J connectivity index is 2.37. The zero-order valence-electron chi connectivity index (χ0n) is 8.57. The molecule has 15 heavy (non-hydrogen) atoms. The molecule has 4 heteroatoms. The van der Waals surface area contributed by atoms with Crippen LogP contribution in [0.5, 0.6) is 0 Å². The molecule has 1 heterocycles. The Bertz CT molecular complexity index is 465. The van der Waals surface area contributed by atoms with Gasteiger partial charge < -0.3 is 4.52 Å². The van der Waals surface area contributed by atoms with Gasteiger partial charge in [0.2, 0.25) is 11.7 Å². The maximum absolute atomic E-state index is 5.14. The first-order chi connectivity index (χ1) is 7.16. The van der Waals surface area contributed by atoms with E-state index in [0.29, 0.717) is 11.7 Å². The molecule has 1 aromatic heterocycles. The van der Waals surface area contributed by atoms with Gasteiger partial charge in [-0.1, -0.05) is 47.1 Å². The van der Waals surface area contributed by atoms with E-state index in [0.717, 1.165) is 10.0 Å². The van der Waals surface area contributed by atoms with Crippen LogP contribution in [0.15, 0.2) is 33.3 Å². The Hall–Kier alpha value is -1.16. The fraction of sp³-hybridized carbons (Fsp3) is 0.273. The van der Waals surface area contributed by atoms with Crippen molar-refractivity contribution in [3.63, 3.8) is 0 Å². The summed E-state index contributed by atoms with van der Waals surface area (Å²) >= 11 is 3.41. The smallest absolute Gasteiger partial charge is 0.229 e. The van der Waals surface area contributed by atoms with Crippen molar-refractivity contribution in [2.45, 2.75) is 19.8 Å². The summed E-state index contributed by atoms with van der Waals surface area (Å²) in [4.78, 5) is 4.32. The summed E-state index contributed by atoms with van der Waals surface area (Å²) in [5, 5.41) is 3.94. The van der Waals surface area contributed by atoms with Gasteiger partial charge in [0.1, 0.15) is 0 Å². The van der Waals surface area contributed by atoms with Gasteiger partial charge in [-0.2, -0.15) is 4.98 Å². The van der Waals surface area contributed by atoms with Crippen molar-refractivity contribution in [2.24, 2.45) is 0 Å². The van der Waals surface area contributed by atoms with Crippen LogP contribution >= 0.6 is 15.9 Å². The van der Waals surface area contributed by atoms with Crippen LogP contribution in [0, 0.1) is 0 Å². The van der Waals surface area contributed by atoms with Crippen molar-refractivity contribution < 1.29 is 4.52 Å². The van der Waals surface area contributed by atoms with Crippen LogP contribution in [-0.4, -0.2) is 10.1 Å². The zero-order valence-corrected chi connectivity index (χ0v) is 10.2. The number of hydrogen-bond donors (Lipinski definition) is 0. The van der Waals surface area contributed by atoms with E-state index >= 15 is 0 Å². The normalized spacial score (nSPS) is 10.9. The van der Waals surface area contributed by atoms with Crippen molar-refractivity contribution in [1.82, 2.24) is 10.1 Å². The van der Waals surface area contributed by atoms with E-state index in [4.69, 9.17) is 4.52 Å². The summed E-state index contributed by atoms with van der Waals surface area (Å²) < 4.78 is 6.15. The first-order valence-corrected chi connectivity index (χ1v) is 5.55. The topological polar surface area (TPSA) is 38.9 Å². The second-order valence-electron chi connectivity index (χ2n) is 3.62. The van der Waals surface area contributed by atoms with Crippen LogP contribution in [0.2, 0.25) is 0 Å². The fourth-order valence-electron chi connectivity index (χ4n) is 1.21. The zero-order chi connectivity index (χ0) is 10.8. The number of rotatable bonds is 2. The first kappa shape index (κ1) is 10.4. The van der Waals surface area contributed by atoms with E-state index < -0.39 is 0 Å². The fourth-order valence-corrected chi connectivity index (χ4v) is 1.61. The maximum atomic E-state index is 5.14. The van der Waals surface area contributed by atoms with Crippen molar-refractivity contribution >= 4 is 15.9 Å². The maximum Gasteiger partial charge on any atom is 0.229 e. The second kappa shape index (κ2) is 4.14. The SMILES string of the molecule is CC(C)c1nc(-c2cccc(Br)c2)no1. The van der Waals surface area contributed by atoms with Crippen LogP contribution < -0.4 is 0 Å². The molecule has 0 bridgehead atoms. The minimum Gasteiger partial charge on any atom is -0.339 e. The van der Waals surface area contributed by atoms with Crippen LogP contribution in [0.3, 0.4) is 0 Å². The molecule has 0 saturated carbocycles. The summed E-state index contributed by atoms with van der Waals surface area (Å²) in [7, 11) is 0. The third-order valence-corrected chi connectivity index (χ3v) is 2.51. The highest BCUT2D eigenvalue weighted by atomic mass is 79.9. The third-order valence-electron chi connectivity index (χ3n) is 2.02. The lowest BCUT2D eigenvalue weighted by molar-refractivity contribution is 0.365. The molecule has 0 fully saturated rings. The minimum atomic E-state index is 0.262. The van der Waals surface area contributed by atoms with Crippen LogP contribution in [0.4, 0.5) is 0 Å². The van der Waals surface area contributed by atoms with Gasteiger partial charge in [-0.05, 0) is 12.1 Å². The molecule has 0 radical (unpaired) electrons. The molecule has 2 aromatic rings. The van der Waals surface area contributed by atoms with Gasteiger partial charge >= 0.3 is 0 Å². The molecule has 0 saturated heterocycles. The average Bonchev–Trinajstić information content (AvgIpc) is 2.66. The Morgan fingerprint density at radius 3 is 2.73 bits per heavy atom. The van der Waals surface area contributed by atoms with Gasteiger partial charge in [-0.25, -0.2) is 0 Å². The molecular formula is C11H11BrN2O. The largest absolute Gasteiger partial charge is 0.339 e. The molecule has 0 aliphatic heterocycles. The van der Waals surface area contributed by atoms with Crippen molar-refractivity contribution in [1.29, 1.82) is 0 Å². The Morgan fingerprint density at radius 1 is 1.33 bits per heavy atom. The van der Waals surface area contributed by atoms with Gasteiger partial charge in [-0.3, -0.25) is 0 Å². The number of nitrogens with zero attached hydrogens (tertiary/aromatic N) is 2. The number of benzene rings is 1. The van der Waals surface area contributed by atoms with Crippen molar-refractivity contribution in [2.75, 3.05) is 0 Å². The number of aromatic nitrogens is 2. The summed E-state index contributed by atoms with van der Waals surface area (Å²) in [5.74, 6) is 1.57. The molecule has 0 unspecified atom stereocenters. The molecule has 0 N–H and O–H groups in total. The van der Waals surface area contributed by atoms with E-state index in [2.05, 4.69) is 26.1 Å². The molecular weight excluding hydrogens is 256 g/mol. The Kier molecular flexibility index (Phi) is 2.86. The lowest BCUT2D eigenvalue weighted by Gasteiger charge is -1.95. The molecule has 1 aromatic carbocycles. The molecule has 0 atom stereocenters. The van der Waals surface area contributed by atoms with E-state index in [1.807, 2.05) is 38.1 Å². The van der Waals surface area contributed by atoms with Crippen molar-refractivity contribution in [3.05, 3.63) is 34.6 Å². The van der Waals surface area contributed by atoms with Crippen LogP contribution in [0.1, 0.15) is 25.7 Å². The lowest BCUT2D eigenvalue weighted by Crippen LogP contribution is -1.86. The van der Waals surface area contributed by atoms with Gasteiger partial charge in [-0.15, -0.1) is 0 Å². The lowest BCUT2D eigenvalue weighted by atomic mass is 10.2. The molecule has 0 amide bonds. The van der Waals surface area contributed by atoms with Crippen LogP contribution in [-0.2, 0) is 0 Å². The summed E-state index contributed by atoms with van der Waals surface area (Å²) in [5.41, 5.74) is 0.958. The Labute approximate surface area is 96.6 Å². The molecule has 0 aliphatic carbocycles. The monoisotopic (exact) mass is 266 g/mol. The number of hydrogen-bond acceptors (Lipinski definition) is 3. The van der Waals surface area contributed by atoms with Gasteiger partial charge in [0, 0.05) is 16.0 Å². The molecule has 0 aliphatic rings. The quantitative estimate of drug-likeness (QED) is 0.834. The summed E-state index contributed by atoms with van der Waals surface area (Å²) in [6.45, 7) is 4.05. The van der Waals surface area contributed by atoms with E-state index in [9.17, 15) is 0 Å². The molecule has 0 spiro atoms. The highest BCUT2D eigenvalue weighted by Crippen LogP contribution is 2.22. The Morgan fingerprint density at radius 2 is 2.13 bits per heavy atom. The van der Waals surface area contributed by atoms with E-state index in [-0.39, 0.29) is 5.92 Å². The second-order valence-corrected chi connectivity index (χ2v) is 4.54. The molecule has 3 nitrogen and oxygen atoms in total. The summed E-state index contributed by atoms with van der Waals surface area (Å²) in [6, 6.07) is 7.84. The van der Waals surface area contributed by atoms with Crippen LogP contribution in [0.25, 0.3) is 11.4 Å². The van der Waals surface area contributed by atoms with Gasteiger partial charge in [0.25, 0.3) is 0 Å². The molecule has 2 rings (SSSR count). The van der Waals surface area contributed by atoms with Gasteiger partial charge in [0.05, 0.1) is 0 Å². The van der Waals surface area contributed by atoms with E-state index in [1.54, 1.807) is 0 Å². The predicted octanol–water partition coefficient (Wildman–Crippen LogP) is 3.62. The summed E-state index contributed by atoms with van der Waals surface area (Å²) in [6.07, 6.45) is 0. The average molecular weight is 267 g/mol. The van der Waals surface area contributed by atoms with Crippen molar-refractivity contribution in [3.8, 4) is 11.4 Å². The standard InChI is InChI=1S/C11H11BrN2O/c1-7(2)11-13-10(14-15-11)8-4-3-5-9(12)6-8/h3-7H,1-2H3. The minimum absolute atomic E-state index is 0.262.